The quantitative estimate of drug-likeness (QED) is 0.873. The summed E-state index contributed by atoms with van der Waals surface area (Å²) in [6.07, 6.45) is 2.65. The van der Waals surface area contributed by atoms with E-state index in [1.807, 2.05) is 6.07 Å². The molecule has 1 atom stereocenters. The summed E-state index contributed by atoms with van der Waals surface area (Å²) in [6.45, 7) is 1.50. The van der Waals surface area contributed by atoms with Crippen molar-refractivity contribution in [2.24, 2.45) is 0 Å². The van der Waals surface area contributed by atoms with Crippen molar-refractivity contribution >= 4 is 23.4 Å². The third kappa shape index (κ3) is 2.62. The van der Waals surface area contributed by atoms with Gasteiger partial charge in [-0.25, -0.2) is 4.39 Å². The molecule has 1 aromatic rings. The van der Waals surface area contributed by atoms with Crippen LogP contribution in [0.1, 0.15) is 24.0 Å². The predicted molar refractivity (Wildman–Crippen MR) is 75.9 cm³/mol. The molecular formula is C14H17FN2OS. The summed E-state index contributed by atoms with van der Waals surface area (Å²) in [5, 5.41) is 5.95. The van der Waals surface area contributed by atoms with Crippen molar-refractivity contribution in [3.8, 4) is 0 Å². The molecule has 3 nitrogen and oxygen atoms in total. The van der Waals surface area contributed by atoms with Crippen molar-refractivity contribution in [3.63, 3.8) is 0 Å². The lowest BCUT2D eigenvalue weighted by atomic mass is 9.99. The van der Waals surface area contributed by atoms with Gasteiger partial charge >= 0.3 is 0 Å². The molecule has 5 heteroatoms. The maximum atomic E-state index is 14.4. The molecule has 2 aliphatic rings. The number of anilines is 1. The lowest BCUT2D eigenvalue weighted by Crippen LogP contribution is -2.27. The second-order valence-electron chi connectivity index (χ2n) is 4.98. The number of benzene rings is 1. The van der Waals surface area contributed by atoms with E-state index >= 15 is 0 Å². The van der Waals surface area contributed by atoms with Crippen molar-refractivity contribution in [2.75, 3.05) is 17.6 Å². The van der Waals surface area contributed by atoms with Crippen molar-refractivity contribution in [3.05, 3.63) is 29.1 Å². The number of thioether (sulfide) groups is 1. The zero-order valence-electron chi connectivity index (χ0n) is 10.7. The van der Waals surface area contributed by atoms with Gasteiger partial charge in [0.2, 0.25) is 5.91 Å². The third-order valence-corrected chi connectivity index (χ3v) is 5.06. The zero-order valence-corrected chi connectivity index (χ0v) is 11.5. The van der Waals surface area contributed by atoms with E-state index in [-0.39, 0.29) is 17.0 Å². The van der Waals surface area contributed by atoms with Gasteiger partial charge in [-0.2, -0.15) is 0 Å². The average Bonchev–Trinajstić information content (AvgIpc) is 2.96. The highest BCUT2D eigenvalue weighted by atomic mass is 32.2. The highest BCUT2D eigenvalue weighted by molar-refractivity contribution is 8.00. The molecule has 0 saturated carbocycles. The molecule has 0 aliphatic carbocycles. The topological polar surface area (TPSA) is 41.1 Å². The fourth-order valence-corrected chi connectivity index (χ4v) is 3.79. The van der Waals surface area contributed by atoms with E-state index in [1.165, 1.54) is 0 Å². The van der Waals surface area contributed by atoms with E-state index < -0.39 is 0 Å². The van der Waals surface area contributed by atoms with Crippen molar-refractivity contribution in [1.29, 1.82) is 0 Å². The van der Waals surface area contributed by atoms with Gasteiger partial charge in [0.15, 0.2) is 0 Å². The number of rotatable bonds is 2. The van der Waals surface area contributed by atoms with E-state index in [9.17, 15) is 9.18 Å². The van der Waals surface area contributed by atoms with Crippen LogP contribution in [0.15, 0.2) is 12.1 Å². The zero-order chi connectivity index (χ0) is 13.2. The molecule has 0 aromatic heterocycles. The summed E-state index contributed by atoms with van der Waals surface area (Å²) in [6, 6.07) is 3.58. The van der Waals surface area contributed by atoms with Gasteiger partial charge in [0, 0.05) is 6.54 Å². The molecule has 2 heterocycles. The SMILES string of the molecule is O=C(Nc1ccc2c(c1F)CCNC2)C1CCCS1. The number of carbonyl (C=O) groups is 1. The number of hydrogen-bond donors (Lipinski definition) is 2. The lowest BCUT2D eigenvalue weighted by molar-refractivity contribution is -0.115. The van der Waals surface area contributed by atoms with Crippen LogP contribution in [0.2, 0.25) is 0 Å². The molecule has 1 aromatic carbocycles. The van der Waals surface area contributed by atoms with Gasteiger partial charge < -0.3 is 10.6 Å². The first-order chi connectivity index (χ1) is 9.25. The largest absolute Gasteiger partial charge is 0.323 e. The number of nitrogens with one attached hydrogen (secondary N) is 2. The van der Waals surface area contributed by atoms with E-state index in [0.29, 0.717) is 18.7 Å². The Morgan fingerprint density at radius 3 is 3.16 bits per heavy atom. The molecule has 1 amide bonds. The minimum absolute atomic E-state index is 0.0166. The van der Waals surface area contributed by atoms with Gasteiger partial charge in [0.05, 0.1) is 10.9 Å². The number of carbonyl (C=O) groups excluding carboxylic acids is 1. The van der Waals surface area contributed by atoms with Gasteiger partial charge in [-0.05, 0) is 48.8 Å². The Labute approximate surface area is 116 Å². The molecule has 1 fully saturated rings. The first-order valence-corrected chi connectivity index (χ1v) is 7.74. The second-order valence-corrected chi connectivity index (χ2v) is 6.29. The molecule has 1 saturated heterocycles. The standard InChI is InChI=1S/C14H17FN2OS/c15-13-10-5-6-16-8-9(10)3-4-11(13)17-14(18)12-2-1-7-19-12/h3-4,12,16H,1-2,5-8H2,(H,17,18). The Hall–Kier alpha value is -1.07. The van der Waals surface area contributed by atoms with Gasteiger partial charge in [-0.1, -0.05) is 6.07 Å². The molecular weight excluding hydrogens is 263 g/mol. The summed E-state index contributed by atoms with van der Waals surface area (Å²) in [5.41, 5.74) is 2.07. The van der Waals surface area contributed by atoms with Gasteiger partial charge in [0.25, 0.3) is 0 Å². The molecule has 0 spiro atoms. The minimum atomic E-state index is -0.254. The minimum Gasteiger partial charge on any atom is -0.323 e. The molecule has 102 valence electrons. The van der Waals surface area contributed by atoms with Crippen LogP contribution in [0.3, 0.4) is 0 Å². The van der Waals surface area contributed by atoms with Crippen LogP contribution < -0.4 is 10.6 Å². The summed E-state index contributed by atoms with van der Waals surface area (Å²) in [4.78, 5) is 12.0. The third-order valence-electron chi connectivity index (χ3n) is 3.69. The summed E-state index contributed by atoms with van der Waals surface area (Å²) in [7, 11) is 0. The lowest BCUT2D eigenvalue weighted by Gasteiger charge is -2.20. The Morgan fingerprint density at radius 2 is 2.37 bits per heavy atom. The average molecular weight is 280 g/mol. The molecule has 1 unspecified atom stereocenters. The first-order valence-electron chi connectivity index (χ1n) is 6.69. The second kappa shape index (κ2) is 5.51. The van der Waals surface area contributed by atoms with Crippen LogP contribution >= 0.6 is 11.8 Å². The monoisotopic (exact) mass is 280 g/mol. The Kier molecular flexibility index (Phi) is 3.75. The maximum Gasteiger partial charge on any atom is 0.237 e. The molecule has 0 bridgehead atoms. The highest BCUT2D eigenvalue weighted by Gasteiger charge is 2.25. The molecule has 0 radical (unpaired) electrons. The molecule has 3 rings (SSSR count). The highest BCUT2D eigenvalue weighted by Crippen LogP contribution is 2.29. The van der Waals surface area contributed by atoms with Gasteiger partial charge in [-0.3, -0.25) is 4.79 Å². The fraction of sp³-hybridized carbons (Fsp3) is 0.500. The van der Waals surface area contributed by atoms with Gasteiger partial charge in [-0.15, -0.1) is 11.8 Å². The van der Waals surface area contributed by atoms with E-state index in [4.69, 9.17) is 0 Å². The fourth-order valence-electron chi connectivity index (χ4n) is 2.63. The van der Waals surface area contributed by atoms with Crippen LogP contribution in [0.25, 0.3) is 0 Å². The molecule has 2 N–H and O–H groups in total. The Balaban J connectivity index is 1.79. The smallest absolute Gasteiger partial charge is 0.237 e. The number of fused-ring (bicyclic) bond motifs is 1. The predicted octanol–water partition coefficient (Wildman–Crippen LogP) is 2.31. The van der Waals surface area contributed by atoms with Crippen LogP contribution in [0, 0.1) is 5.82 Å². The van der Waals surface area contributed by atoms with Crippen molar-refractivity contribution in [1.82, 2.24) is 5.32 Å². The summed E-state index contributed by atoms with van der Waals surface area (Å²) < 4.78 is 14.4. The Bertz CT molecular complexity index is 500. The van der Waals surface area contributed by atoms with Crippen molar-refractivity contribution < 1.29 is 9.18 Å². The van der Waals surface area contributed by atoms with E-state index in [0.717, 1.165) is 36.3 Å². The maximum absolute atomic E-state index is 14.4. The summed E-state index contributed by atoms with van der Waals surface area (Å²) in [5.74, 6) is 0.710. The molecule has 2 aliphatic heterocycles. The number of halogens is 1. The van der Waals surface area contributed by atoms with E-state index in [1.54, 1.807) is 17.8 Å². The van der Waals surface area contributed by atoms with Crippen LogP contribution in [0.5, 0.6) is 0 Å². The molecule has 19 heavy (non-hydrogen) atoms. The van der Waals surface area contributed by atoms with Crippen LogP contribution in [0.4, 0.5) is 10.1 Å². The van der Waals surface area contributed by atoms with Crippen molar-refractivity contribution in [2.45, 2.75) is 31.1 Å². The van der Waals surface area contributed by atoms with Crippen LogP contribution in [-0.4, -0.2) is 23.5 Å². The summed E-state index contributed by atoms with van der Waals surface area (Å²) >= 11 is 1.66. The normalized spacial score (nSPS) is 22.1. The van der Waals surface area contributed by atoms with E-state index in [2.05, 4.69) is 10.6 Å². The van der Waals surface area contributed by atoms with Gasteiger partial charge in [0.1, 0.15) is 5.82 Å². The number of hydrogen-bond acceptors (Lipinski definition) is 3. The first kappa shape index (κ1) is 12.9. The van der Waals surface area contributed by atoms with Crippen LogP contribution in [-0.2, 0) is 17.8 Å². The Morgan fingerprint density at radius 1 is 1.47 bits per heavy atom. The number of amides is 1.